The summed E-state index contributed by atoms with van der Waals surface area (Å²) in [5.74, 6) is 0. The van der Waals surface area contributed by atoms with Crippen LogP contribution in [-0.4, -0.2) is 31.8 Å². The van der Waals surface area contributed by atoms with Gasteiger partial charge in [0, 0.05) is 23.5 Å². The second-order valence-electron chi connectivity index (χ2n) is 5.01. The number of aromatic amines is 2. The summed E-state index contributed by atoms with van der Waals surface area (Å²) in [6.45, 7) is 0. The van der Waals surface area contributed by atoms with E-state index in [1.54, 1.807) is 10.4 Å². The highest BCUT2D eigenvalue weighted by Crippen LogP contribution is 2.20. The minimum Gasteiger partial charge on any atom is -0.313 e. The molecule has 27 heavy (non-hydrogen) atoms. The monoisotopic (exact) mass is 429 g/mol. The maximum Gasteiger partial charge on any atom is 0.325 e. The smallest absolute Gasteiger partial charge is 0.313 e. The largest absolute Gasteiger partial charge is 0.325 e. The lowest BCUT2D eigenvalue weighted by Gasteiger charge is -2.09. The summed E-state index contributed by atoms with van der Waals surface area (Å²) in [5.41, 5.74) is -1.91. The molecule has 0 aliphatic carbocycles. The van der Waals surface area contributed by atoms with Gasteiger partial charge in [-0.1, -0.05) is 0 Å². The van der Waals surface area contributed by atoms with Crippen molar-refractivity contribution in [1.29, 1.82) is 0 Å². The number of hydrogen-bond acceptors (Lipinski definition) is 8. The van der Waals surface area contributed by atoms with Gasteiger partial charge in [0.1, 0.15) is 0 Å². The quantitative estimate of drug-likeness (QED) is 0.431. The number of anilines is 2. The van der Waals surface area contributed by atoms with Gasteiger partial charge in [0.15, 0.2) is 10.0 Å². The van der Waals surface area contributed by atoms with Crippen LogP contribution < -0.4 is 20.7 Å². The van der Waals surface area contributed by atoms with Gasteiger partial charge >= 0.3 is 5.69 Å². The van der Waals surface area contributed by atoms with Gasteiger partial charge in [0.2, 0.25) is 0 Å². The second kappa shape index (κ2) is 6.98. The Morgan fingerprint density at radius 2 is 1.67 bits per heavy atom. The van der Waals surface area contributed by atoms with Gasteiger partial charge in [0.25, 0.3) is 25.6 Å². The molecule has 14 heteroatoms. The Labute approximate surface area is 156 Å². The van der Waals surface area contributed by atoms with E-state index in [0.717, 1.165) is 17.5 Å². The fraction of sp³-hybridized carbons (Fsp3) is 0. The van der Waals surface area contributed by atoms with Crippen LogP contribution >= 0.6 is 11.3 Å². The first-order valence-corrected chi connectivity index (χ1v) is 10.9. The molecule has 0 radical (unpaired) electrons. The fourth-order valence-corrected chi connectivity index (χ4v) is 4.81. The summed E-state index contributed by atoms with van der Waals surface area (Å²) in [7, 11) is -8.17. The van der Waals surface area contributed by atoms with Gasteiger partial charge in [-0.25, -0.2) is 26.6 Å². The molecule has 142 valence electrons. The molecule has 2 heterocycles. The standard InChI is InChI=1S/C13H11N5O6S3/c19-11-10(7-15-12(20)16-11)27(23,24)17-8-1-3-9(4-2-8)26(21,22)18-13-14-5-6-25-13/h1-7,17H,(H,14,18)(H2,15,16,19,20). The first-order chi connectivity index (χ1) is 12.7. The lowest BCUT2D eigenvalue weighted by atomic mass is 10.3. The van der Waals surface area contributed by atoms with E-state index in [-0.39, 0.29) is 15.7 Å². The molecular weight excluding hydrogens is 418 g/mol. The SMILES string of the molecule is O=c1[nH]cc(S(=O)(=O)Nc2ccc(S(=O)(=O)Nc3nccs3)cc2)c(=O)[nH]1. The Hall–Kier alpha value is -2.97. The Morgan fingerprint density at radius 3 is 2.26 bits per heavy atom. The van der Waals surface area contributed by atoms with Crippen molar-refractivity contribution in [3.05, 3.63) is 62.9 Å². The van der Waals surface area contributed by atoms with Crippen molar-refractivity contribution in [2.24, 2.45) is 0 Å². The average Bonchev–Trinajstić information content (AvgIpc) is 3.06. The van der Waals surface area contributed by atoms with Crippen molar-refractivity contribution in [1.82, 2.24) is 15.0 Å². The zero-order chi connectivity index (χ0) is 19.7. The van der Waals surface area contributed by atoms with Gasteiger partial charge in [-0.05, 0) is 24.3 Å². The highest BCUT2D eigenvalue weighted by Gasteiger charge is 2.20. The number of nitrogens with zero attached hydrogens (tertiary/aromatic N) is 1. The molecule has 4 N–H and O–H groups in total. The number of aromatic nitrogens is 3. The second-order valence-corrected chi connectivity index (χ2v) is 9.24. The van der Waals surface area contributed by atoms with Crippen molar-refractivity contribution in [2.75, 3.05) is 9.44 Å². The predicted octanol–water partition coefficient (Wildman–Crippen LogP) is 0.121. The molecule has 3 rings (SSSR count). The molecule has 0 spiro atoms. The Morgan fingerprint density at radius 1 is 0.963 bits per heavy atom. The van der Waals surface area contributed by atoms with Gasteiger partial charge in [-0.3, -0.25) is 19.2 Å². The molecule has 1 aromatic carbocycles. The summed E-state index contributed by atoms with van der Waals surface area (Å²) in [4.78, 5) is 29.5. The third kappa shape index (κ3) is 4.24. The van der Waals surface area contributed by atoms with Crippen LogP contribution in [0.2, 0.25) is 0 Å². The van der Waals surface area contributed by atoms with Gasteiger partial charge in [-0.2, -0.15) is 0 Å². The lowest BCUT2D eigenvalue weighted by Crippen LogP contribution is -2.29. The highest BCUT2D eigenvalue weighted by atomic mass is 32.2. The van der Waals surface area contributed by atoms with E-state index in [1.807, 2.05) is 0 Å². The van der Waals surface area contributed by atoms with Crippen molar-refractivity contribution in [3.63, 3.8) is 0 Å². The van der Waals surface area contributed by atoms with E-state index in [1.165, 1.54) is 30.5 Å². The normalized spacial score (nSPS) is 11.9. The van der Waals surface area contributed by atoms with Crippen molar-refractivity contribution < 1.29 is 16.8 Å². The minimum atomic E-state index is -4.29. The van der Waals surface area contributed by atoms with E-state index >= 15 is 0 Å². The van der Waals surface area contributed by atoms with Crippen LogP contribution in [0.4, 0.5) is 10.8 Å². The van der Waals surface area contributed by atoms with Crippen LogP contribution in [0.3, 0.4) is 0 Å². The van der Waals surface area contributed by atoms with Crippen molar-refractivity contribution >= 4 is 42.2 Å². The molecule has 0 aliphatic rings. The first kappa shape index (κ1) is 18.8. The Bertz CT molecular complexity index is 1280. The van der Waals surface area contributed by atoms with E-state index < -0.39 is 36.2 Å². The summed E-state index contributed by atoms with van der Waals surface area (Å²) in [6, 6.07) is 4.80. The molecule has 3 aromatic rings. The van der Waals surface area contributed by atoms with E-state index in [0.29, 0.717) is 0 Å². The molecule has 2 aromatic heterocycles. The molecule has 0 unspecified atom stereocenters. The van der Waals surface area contributed by atoms with Gasteiger partial charge in [-0.15, -0.1) is 11.3 Å². The van der Waals surface area contributed by atoms with Crippen LogP contribution in [-0.2, 0) is 20.0 Å². The Balaban J connectivity index is 1.83. The summed E-state index contributed by atoms with van der Waals surface area (Å²) >= 11 is 1.10. The van der Waals surface area contributed by atoms with E-state index in [2.05, 4.69) is 19.4 Å². The number of rotatable bonds is 6. The number of sulfonamides is 2. The third-order valence-electron chi connectivity index (χ3n) is 3.15. The maximum atomic E-state index is 12.2. The molecule has 0 saturated carbocycles. The highest BCUT2D eigenvalue weighted by molar-refractivity contribution is 7.93. The van der Waals surface area contributed by atoms with Crippen LogP contribution in [0.1, 0.15) is 0 Å². The lowest BCUT2D eigenvalue weighted by molar-refractivity contribution is 0.598. The zero-order valence-electron chi connectivity index (χ0n) is 13.2. The van der Waals surface area contributed by atoms with Crippen LogP contribution in [0.15, 0.2) is 61.4 Å². The first-order valence-electron chi connectivity index (χ1n) is 7.05. The molecule has 0 atom stereocenters. The van der Waals surface area contributed by atoms with Crippen molar-refractivity contribution in [3.8, 4) is 0 Å². The summed E-state index contributed by atoms with van der Waals surface area (Å²) in [5, 5.41) is 1.80. The molecule has 0 fully saturated rings. The fourth-order valence-electron chi connectivity index (χ4n) is 1.96. The van der Waals surface area contributed by atoms with Gasteiger partial charge < -0.3 is 4.98 Å². The number of hydrogen-bond donors (Lipinski definition) is 4. The van der Waals surface area contributed by atoms with Crippen molar-refractivity contribution in [2.45, 2.75) is 9.79 Å². The molecule has 0 aliphatic heterocycles. The Kier molecular flexibility index (Phi) is 4.86. The number of thiazole rings is 1. The number of nitrogens with one attached hydrogen (secondary N) is 4. The zero-order valence-corrected chi connectivity index (χ0v) is 15.6. The van der Waals surface area contributed by atoms with Crippen LogP contribution in [0.5, 0.6) is 0 Å². The summed E-state index contributed by atoms with van der Waals surface area (Å²) in [6.07, 6.45) is 2.21. The topological polar surface area (TPSA) is 171 Å². The number of benzene rings is 1. The summed E-state index contributed by atoms with van der Waals surface area (Å²) < 4.78 is 53.3. The van der Waals surface area contributed by atoms with Crippen LogP contribution in [0, 0.1) is 0 Å². The van der Waals surface area contributed by atoms with E-state index in [4.69, 9.17) is 0 Å². The average molecular weight is 429 g/mol. The molecule has 11 nitrogen and oxygen atoms in total. The molecule has 0 bridgehead atoms. The van der Waals surface area contributed by atoms with E-state index in [9.17, 15) is 26.4 Å². The molecular formula is C13H11N5O6S3. The maximum absolute atomic E-state index is 12.2. The molecule has 0 saturated heterocycles. The van der Waals surface area contributed by atoms with Gasteiger partial charge in [0.05, 0.1) is 4.90 Å². The molecule has 0 amide bonds. The minimum absolute atomic E-state index is 0.0220. The number of H-pyrrole nitrogens is 2. The predicted molar refractivity (Wildman–Crippen MR) is 97.9 cm³/mol. The third-order valence-corrected chi connectivity index (χ3v) is 6.70. The van der Waals surface area contributed by atoms with Crippen LogP contribution in [0.25, 0.3) is 0 Å².